The van der Waals surface area contributed by atoms with Crippen molar-refractivity contribution < 1.29 is 4.74 Å². The second-order valence-corrected chi connectivity index (χ2v) is 4.85. The van der Waals surface area contributed by atoms with E-state index in [0.29, 0.717) is 12.0 Å². The van der Waals surface area contributed by atoms with Crippen LogP contribution in [0.1, 0.15) is 26.7 Å². The Kier molecular flexibility index (Phi) is 3.37. The quantitative estimate of drug-likeness (QED) is 0.773. The number of benzene rings is 1. The van der Waals surface area contributed by atoms with E-state index in [2.05, 4.69) is 36.9 Å². The lowest BCUT2D eigenvalue weighted by atomic mass is 10.0. The third kappa shape index (κ3) is 2.16. The summed E-state index contributed by atoms with van der Waals surface area (Å²) in [6.07, 6.45) is 2.62. The van der Waals surface area contributed by atoms with Crippen molar-refractivity contribution in [1.82, 2.24) is 0 Å². The molecule has 0 aliphatic carbocycles. The lowest BCUT2D eigenvalue weighted by molar-refractivity contribution is 0.414. The van der Waals surface area contributed by atoms with E-state index in [4.69, 9.17) is 4.74 Å². The average Bonchev–Trinajstić information content (AvgIpc) is 2.78. The van der Waals surface area contributed by atoms with Gasteiger partial charge in [0.05, 0.1) is 7.11 Å². The van der Waals surface area contributed by atoms with Gasteiger partial charge in [0.1, 0.15) is 5.75 Å². The third-order valence-corrected chi connectivity index (χ3v) is 3.45. The van der Waals surface area contributed by atoms with E-state index < -0.39 is 0 Å². The van der Waals surface area contributed by atoms with Crippen LogP contribution in [0.3, 0.4) is 0 Å². The molecular formula is C14H21NO. The van der Waals surface area contributed by atoms with Gasteiger partial charge in [-0.05, 0) is 30.9 Å². The Hall–Kier alpha value is -1.18. The molecule has 2 rings (SSSR count). The molecule has 0 bridgehead atoms. The number of hydrogen-bond acceptors (Lipinski definition) is 2. The molecule has 0 radical (unpaired) electrons. The Labute approximate surface area is 98.2 Å². The maximum absolute atomic E-state index is 5.28. The van der Waals surface area contributed by atoms with Gasteiger partial charge < -0.3 is 9.64 Å². The molecule has 1 heterocycles. The number of rotatable bonds is 3. The van der Waals surface area contributed by atoms with Crippen LogP contribution in [0.2, 0.25) is 0 Å². The fourth-order valence-corrected chi connectivity index (χ4v) is 2.60. The molecular weight excluding hydrogens is 198 g/mol. The van der Waals surface area contributed by atoms with Crippen LogP contribution in [0.5, 0.6) is 5.75 Å². The highest BCUT2D eigenvalue weighted by Crippen LogP contribution is 2.31. The van der Waals surface area contributed by atoms with Crippen LogP contribution in [0.25, 0.3) is 0 Å². The van der Waals surface area contributed by atoms with Crippen molar-refractivity contribution in [1.29, 1.82) is 0 Å². The van der Waals surface area contributed by atoms with E-state index in [9.17, 15) is 0 Å². The zero-order chi connectivity index (χ0) is 11.5. The summed E-state index contributed by atoms with van der Waals surface area (Å²) in [6.45, 7) is 5.79. The van der Waals surface area contributed by atoms with Gasteiger partial charge in [-0.25, -0.2) is 0 Å². The lowest BCUT2D eigenvalue weighted by Crippen LogP contribution is -2.33. The molecule has 16 heavy (non-hydrogen) atoms. The number of ether oxygens (including phenoxy) is 1. The molecule has 1 aliphatic heterocycles. The van der Waals surface area contributed by atoms with Gasteiger partial charge in [-0.1, -0.05) is 19.9 Å². The van der Waals surface area contributed by atoms with Crippen molar-refractivity contribution >= 4 is 5.69 Å². The van der Waals surface area contributed by atoms with Crippen LogP contribution in [-0.2, 0) is 0 Å². The van der Waals surface area contributed by atoms with Gasteiger partial charge in [-0.3, -0.25) is 0 Å². The fraction of sp³-hybridized carbons (Fsp3) is 0.571. The van der Waals surface area contributed by atoms with Crippen LogP contribution >= 0.6 is 0 Å². The molecule has 2 heteroatoms. The second-order valence-electron chi connectivity index (χ2n) is 4.85. The van der Waals surface area contributed by atoms with E-state index >= 15 is 0 Å². The molecule has 0 unspecified atom stereocenters. The maximum Gasteiger partial charge on any atom is 0.120 e. The Morgan fingerprint density at radius 3 is 2.88 bits per heavy atom. The van der Waals surface area contributed by atoms with Gasteiger partial charge in [0.2, 0.25) is 0 Å². The van der Waals surface area contributed by atoms with Crippen LogP contribution in [0.15, 0.2) is 24.3 Å². The Morgan fingerprint density at radius 1 is 1.38 bits per heavy atom. The molecule has 0 saturated carbocycles. The highest BCUT2D eigenvalue weighted by Gasteiger charge is 2.27. The predicted octanol–water partition coefficient (Wildman–Crippen LogP) is 3.32. The predicted molar refractivity (Wildman–Crippen MR) is 68.2 cm³/mol. The van der Waals surface area contributed by atoms with Gasteiger partial charge >= 0.3 is 0 Å². The standard InChI is InChI=1S/C14H21NO/c1-11(2)14-8-5-9-15(14)12-6-4-7-13(10-12)16-3/h4,6-7,10-11,14H,5,8-9H2,1-3H3/t14-/m0/s1. The van der Waals surface area contributed by atoms with Gasteiger partial charge in [-0.15, -0.1) is 0 Å². The first-order valence-electron chi connectivity index (χ1n) is 6.13. The Balaban J connectivity index is 2.22. The Bertz CT molecular complexity index is 348. The van der Waals surface area contributed by atoms with E-state index in [0.717, 1.165) is 5.75 Å². The zero-order valence-corrected chi connectivity index (χ0v) is 10.4. The molecule has 0 N–H and O–H groups in total. The molecule has 1 aliphatic rings. The molecule has 1 fully saturated rings. The number of anilines is 1. The Morgan fingerprint density at radius 2 is 2.19 bits per heavy atom. The van der Waals surface area contributed by atoms with Crippen molar-refractivity contribution in [3.63, 3.8) is 0 Å². The van der Waals surface area contributed by atoms with Gasteiger partial charge in [0.15, 0.2) is 0 Å². The molecule has 0 amide bonds. The molecule has 1 aromatic carbocycles. The highest BCUT2D eigenvalue weighted by molar-refractivity contribution is 5.52. The lowest BCUT2D eigenvalue weighted by Gasteiger charge is -2.29. The van der Waals surface area contributed by atoms with Gasteiger partial charge in [0.25, 0.3) is 0 Å². The van der Waals surface area contributed by atoms with E-state index in [1.807, 2.05) is 6.07 Å². The SMILES string of the molecule is COc1cccc(N2CCC[C@H]2C(C)C)c1. The molecule has 0 aromatic heterocycles. The van der Waals surface area contributed by atoms with Crippen molar-refractivity contribution in [2.75, 3.05) is 18.6 Å². The minimum atomic E-state index is 0.687. The summed E-state index contributed by atoms with van der Waals surface area (Å²) in [5.74, 6) is 1.67. The number of hydrogen-bond donors (Lipinski definition) is 0. The van der Waals surface area contributed by atoms with Crippen LogP contribution in [0, 0.1) is 5.92 Å². The van der Waals surface area contributed by atoms with Crippen LogP contribution in [0.4, 0.5) is 5.69 Å². The minimum Gasteiger partial charge on any atom is -0.497 e. The molecule has 1 aromatic rings. The van der Waals surface area contributed by atoms with E-state index in [1.165, 1.54) is 25.1 Å². The van der Waals surface area contributed by atoms with Gasteiger partial charge in [0, 0.05) is 24.3 Å². The third-order valence-electron chi connectivity index (χ3n) is 3.45. The normalized spacial score (nSPS) is 20.5. The first-order chi connectivity index (χ1) is 7.72. The molecule has 1 saturated heterocycles. The number of nitrogens with zero attached hydrogens (tertiary/aromatic N) is 1. The second kappa shape index (κ2) is 4.77. The summed E-state index contributed by atoms with van der Waals surface area (Å²) in [7, 11) is 1.73. The first kappa shape index (κ1) is 11.3. The summed E-state index contributed by atoms with van der Waals surface area (Å²) < 4.78 is 5.28. The van der Waals surface area contributed by atoms with Gasteiger partial charge in [-0.2, -0.15) is 0 Å². The fourth-order valence-electron chi connectivity index (χ4n) is 2.60. The van der Waals surface area contributed by atoms with Crippen molar-refractivity contribution in [2.24, 2.45) is 5.92 Å². The monoisotopic (exact) mass is 219 g/mol. The first-order valence-corrected chi connectivity index (χ1v) is 6.13. The molecule has 0 spiro atoms. The topological polar surface area (TPSA) is 12.5 Å². The largest absolute Gasteiger partial charge is 0.497 e. The summed E-state index contributed by atoms with van der Waals surface area (Å²) in [4.78, 5) is 2.52. The maximum atomic E-state index is 5.28. The minimum absolute atomic E-state index is 0.687. The van der Waals surface area contributed by atoms with E-state index in [-0.39, 0.29) is 0 Å². The summed E-state index contributed by atoms with van der Waals surface area (Å²) in [5, 5.41) is 0. The molecule has 1 atom stereocenters. The van der Waals surface area contributed by atoms with Crippen molar-refractivity contribution in [2.45, 2.75) is 32.7 Å². The molecule has 2 nitrogen and oxygen atoms in total. The zero-order valence-electron chi connectivity index (χ0n) is 10.4. The average molecular weight is 219 g/mol. The van der Waals surface area contributed by atoms with Crippen LogP contribution in [-0.4, -0.2) is 19.7 Å². The van der Waals surface area contributed by atoms with Crippen molar-refractivity contribution in [3.05, 3.63) is 24.3 Å². The summed E-state index contributed by atoms with van der Waals surface area (Å²) in [6, 6.07) is 9.09. The smallest absolute Gasteiger partial charge is 0.120 e. The van der Waals surface area contributed by atoms with Crippen LogP contribution < -0.4 is 9.64 Å². The highest BCUT2D eigenvalue weighted by atomic mass is 16.5. The number of methoxy groups -OCH3 is 1. The summed E-state index contributed by atoms with van der Waals surface area (Å²) >= 11 is 0. The summed E-state index contributed by atoms with van der Waals surface area (Å²) in [5.41, 5.74) is 1.30. The molecule has 88 valence electrons. The van der Waals surface area contributed by atoms with E-state index in [1.54, 1.807) is 7.11 Å². The van der Waals surface area contributed by atoms with Crippen molar-refractivity contribution in [3.8, 4) is 5.75 Å².